The van der Waals surface area contributed by atoms with Crippen molar-refractivity contribution in [2.24, 2.45) is 0 Å². The summed E-state index contributed by atoms with van der Waals surface area (Å²) in [6.07, 6.45) is -3.80. The summed E-state index contributed by atoms with van der Waals surface area (Å²) >= 11 is 9.26. The normalized spacial score (nSPS) is 10.7. The van der Waals surface area contributed by atoms with Gasteiger partial charge in [-0.3, -0.25) is 0 Å². The fourth-order valence-electron chi connectivity index (χ4n) is 0.894. The molecule has 0 aliphatic carbocycles. The Bertz CT molecular complexity index is 420. The molecule has 0 aliphatic rings. The molecule has 0 radical (unpaired) electrons. The Morgan fingerprint density at radius 1 is 1.47 bits per heavy atom. The fourth-order valence-corrected chi connectivity index (χ4v) is 1.13. The molecule has 80 valence electrons. The highest BCUT2D eigenvalue weighted by Gasteiger charge is 2.33. The first kappa shape index (κ1) is 12.2. The Labute approximate surface area is 95.1 Å². The van der Waals surface area contributed by atoms with Gasteiger partial charge in [0.15, 0.2) is 0 Å². The zero-order valence-corrected chi connectivity index (χ0v) is 8.92. The van der Waals surface area contributed by atoms with Crippen LogP contribution in [0.3, 0.4) is 0 Å². The van der Waals surface area contributed by atoms with Crippen LogP contribution in [0.5, 0.6) is 0 Å². The van der Waals surface area contributed by atoms with E-state index in [4.69, 9.17) is 11.6 Å². The molecule has 0 unspecified atom stereocenters. The molecule has 0 saturated heterocycles. The minimum atomic E-state index is -4.47. The third-order valence-corrected chi connectivity index (χ3v) is 1.84. The molecule has 0 saturated carbocycles. The molecular weight excluding hydrogens is 247 g/mol. The Hall–Kier alpha value is -0.860. The van der Waals surface area contributed by atoms with Gasteiger partial charge in [-0.2, -0.15) is 25.8 Å². The van der Waals surface area contributed by atoms with Gasteiger partial charge in [0.1, 0.15) is 5.15 Å². The van der Waals surface area contributed by atoms with Gasteiger partial charge in [0.05, 0.1) is 11.3 Å². The number of hydrogen-bond donors (Lipinski definition) is 1. The predicted molar refractivity (Wildman–Crippen MR) is 55.0 cm³/mol. The van der Waals surface area contributed by atoms with Crippen LogP contribution >= 0.6 is 24.2 Å². The first-order chi connectivity index (χ1) is 6.95. The molecule has 1 aromatic heterocycles. The maximum atomic E-state index is 12.4. The maximum Gasteiger partial charge on any atom is 0.419 e. The largest absolute Gasteiger partial charge is 0.419 e. The van der Waals surface area contributed by atoms with Crippen LogP contribution in [0.15, 0.2) is 12.3 Å². The second-order valence-corrected chi connectivity index (χ2v) is 3.21. The van der Waals surface area contributed by atoms with Crippen LogP contribution in [-0.4, -0.2) is 10.7 Å². The molecule has 0 fully saturated rings. The summed E-state index contributed by atoms with van der Waals surface area (Å²) in [7, 11) is 0. The molecule has 0 aromatic carbocycles. The van der Waals surface area contributed by atoms with Crippen molar-refractivity contribution in [1.29, 1.82) is 0 Å². The average molecular weight is 252 g/mol. The molecule has 1 heterocycles. The molecule has 0 N–H and O–H groups in total. The Kier molecular flexibility index (Phi) is 3.89. The van der Waals surface area contributed by atoms with E-state index < -0.39 is 11.7 Å². The summed E-state index contributed by atoms with van der Waals surface area (Å²) in [5, 5.41) is -0.0218. The van der Waals surface area contributed by atoms with E-state index in [-0.39, 0.29) is 16.5 Å². The second kappa shape index (κ2) is 4.77. The van der Waals surface area contributed by atoms with Gasteiger partial charge in [0.25, 0.3) is 0 Å². The number of hydrogen-bond acceptors (Lipinski definition) is 2. The van der Waals surface area contributed by atoms with Crippen molar-refractivity contribution in [2.45, 2.75) is 6.18 Å². The van der Waals surface area contributed by atoms with Crippen molar-refractivity contribution < 1.29 is 13.2 Å². The van der Waals surface area contributed by atoms with Crippen LogP contribution in [0.1, 0.15) is 11.1 Å². The molecular formula is C9H5ClF3NS. The number of thiol groups is 1. The van der Waals surface area contributed by atoms with E-state index in [0.29, 0.717) is 6.20 Å². The van der Waals surface area contributed by atoms with Crippen molar-refractivity contribution in [3.63, 3.8) is 0 Å². The highest BCUT2D eigenvalue weighted by atomic mass is 35.5. The monoisotopic (exact) mass is 251 g/mol. The molecule has 1 aromatic rings. The number of rotatable bonds is 0. The van der Waals surface area contributed by atoms with Crippen LogP contribution in [0.2, 0.25) is 5.15 Å². The van der Waals surface area contributed by atoms with Gasteiger partial charge in [0.2, 0.25) is 0 Å². The van der Waals surface area contributed by atoms with Crippen LogP contribution in [-0.2, 0) is 6.18 Å². The van der Waals surface area contributed by atoms with Crippen LogP contribution in [0, 0.1) is 11.8 Å². The molecule has 0 aliphatic heterocycles. The van der Waals surface area contributed by atoms with E-state index in [2.05, 4.69) is 29.5 Å². The molecule has 0 spiro atoms. The topological polar surface area (TPSA) is 12.9 Å². The third-order valence-electron chi connectivity index (χ3n) is 1.48. The summed E-state index contributed by atoms with van der Waals surface area (Å²) in [4.78, 5) is 3.37. The Morgan fingerprint density at radius 3 is 2.67 bits per heavy atom. The first-order valence-corrected chi connectivity index (χ1v) is 4.78. The number of pyridine rings is 1. The van der Waals surface area contributed by atoms with Crippen molar-refractivity contribution in [2.75, 3.05) is 5.75 Å². The van der Waals surface area contributed by atoms with Crippen molar-refractivity contribution >= 4 is 24.2 Å². The number of nitrogens with zero attached hydrogens (tertiary/aromatic N) is 1. The van der Waals surface area contributed by atoms with Crippen molar-refractivity contribution in [3.05, 3.63) is 28.5 Å². The van der Waals surface area contributed by atoms with E-state index in [9.17, 15) is 13.2 Å². The summed E-state index contributed by atoms with van der Waals surface area (Å²) in [5.41, 5.74) is -1.07. The molecule has 0 amide bonds. The van der Waals surface area contributed by atoms with Gasteiger partial charge in [-0.1, -0.05) is 23.4 Å². The lowest BCUT2D eigenvalue weighted by Crippen LogP contribution is -2.08. The van der Waals surface area contributed by atoms with E-state index in [1.807, 2.05) is 0 Å². The smallest absolute Gasteiger partial charge is 0.244 e. The minimum absolute atomic E-state index is 0.0218. The predicted octanol–water partition coefficient (Wildman–Crippen LogP) is 3.04. The van der Waals surface area contributed by atoms with Crippen LogP contribution in [0.4, 0.5) is 13.2 Å². The van der Waals surface area contributed by atoms with E-state index in [1.54, 1.807) is 0 Å². The Balaban J connectivity index is 3.27. The molecule has 1 nitrogen and oxygen atoms in total. The second-order valence-electron chi connectivity index (χ2n) is 2.51. The molecule has 6 heteroatoms. The third kappa shape index (κ3) is 3.33. The average Bonchev–Trinajstić information content (AvgIpc) is 2.12. The fraction of sp³-hybridized carbons (Fsp3) is 0.222. The maximum absolute atomic E-state index is 12.4. The lowest BCUT2D eigenvalue weighted by molar-refractivity contribution is -0.138. The van der Waals surface area contributed by atoms with Crippen molar-refractivity contribution in [3.8, 4) is 11.8 Å². The summed E-state index contributed by atoms with van der Waals surface area (Å²) in [6.45, 7) is 0. The minimum Gasteiger partial charge on any atom is -0.244 e. The highest BCUT2D eigenvalue weighted by Crippen LogP contribution is 2.31. The van der Waals surface area contributed by atoms with Gasteiger partial charge in [-0.05, 0) is 6.07 Å². The lowest BCUT2D eigenvalue weighted by Gasteiger charge is -2.08. The highest BCUT2D eigenvalue weighted by molar-refractivity contribution is 7.80. The summed E-state index contributed by atoms with van der Waals surface area (Å²) in [5.74, 6) is 4.95. The number of aromatic nitrogens is 1. The molecule has 0 bridgehead atoms. The quantitative estimate of drug-likeness (QED) is 0.425. The van der Waals surface area contributed by atoms with Gasteiger partial charge in [-0.25, -0.2) is 4.98 Å². The number of halogens is 4. The molecule has 15 heavy (non-hydrogen) atoms. The van der Waals surface area contributed by atoms with E-state index in [1.165, 1.54) is 0 Å². The molecule has 1 rings (SSSR count). The molecule has 0 atom stereocenters. The van der Waals surface area contributed by atoms with Gasteiger partial charge in [0, 0.05) is 11.8 Å². The van der Waals surface area contributed by atoms with Crippen molar-refractivity contribution in [1.82, 2.24) is 4.98 Å². The van der Waals surface area contributed by atoms with Gasteiger partial charge < -0.3 is 0 Å². The standard InChI is InChI=1S/C9H5ClF3NS/c10-8-4-6(2-1-3-15)7(5-14-8)9(11,12)13/h4-5,15H,3H2. The zero-order chi connectivity index (χ0) is 11.5. The SMILES string of the molecule is FC(F)(F)c1cnc(Cl)cc1C#CCS. The van der Waals surface area contributed by atoms with Gasteiger partial charge >= 0.3 is 6.18 Å². The van der Waals surface area contributed by atoms with Gasteiger partial charge in [-0.15, -0.1) is 0 Å². The van der Waals surface area contributed by atoms with Crippen LogP contribution in [0.25, 0.3) is 0 Å². The first-order valence-electron chi connectivity index (χ1n) is 3.77. The Morgan fingerprint density at radius 2 is 2.13 bits per heavy atom. The van der Waals surface area contributed by atoms with E-state index >= 15 is 0 Å². The lowest BCUT2D eigenvalue weighted by atomic mass is 10.1. The zero-order valence-electron chi connectivity index (χ0n) is 7.27. The summed E-state index contributed by atoms with van der Waals surface area (Å²) < 4.78 is 37.3. The number of alkyl halides is 3. The summed E-state index contributed by atoms with van der Waals surface area (Å²) in [6, 6.07) is 1.08. The van der Waals surface area contributed by atoms with Crippen LogP contribution < -0.4 is 0 Å². The van der Waals surface area contributed by atoms with E-state index in [0.717, 1.165) is 6.07 Å².